The third-order valence-corrected chi connectivity index (χ3v) is 7.69. The van der Waals surface area contributed by atoms with Gasteiger partial charge < -0.3 is 18.6 Å². The third-order valence-electron chi connectivity index (χ3n) is 7.69. The average Bonchev–Trinajstić information content (AvgIpc) is 3.54. The zero-order chi connectivity index (χ0) is 28.2. The number of amides is 1. The van der Waals surface area contributed by atoms with Crippen molar-refractivity contribution < 1.29 is 31.5 Å². The maximum absolute atomic E-state index is 14.8. The molecular weight excluding hydrogens is 530 g/mol. The number of fused-ring (bicyclic) bond motifs is 3. The topological polar surface area (TPSA) is 86.3 Å². The lowest BCUT2D eigenvalue weighted by Crippen LogP contribution is -2.52. The first kappa shape index (κ1) is 26.0. The number of nitrogens with zero attached hydrogens (tertiary/aromatic N) is 5. The number of methoxy groups -OCH3 is 1. The minimum Gasteiger partial charge on any atom is -0.496 e. The molecule has 2 aromatic carbocycles. The number of carbonyl (C=O) groups excluding carboxylic acids is 1. The van der Waals surface area contributed by atoms with E-state index in [0.717, 1.165) is 0 Å². The van der Waals surface area contributed by atoms with Crippen molar-refractivity contribution in [3.05, 3.63) is 65.7 Å². The molecule has 0 radical (unpaired) electrons. The predicted octanol–water partition coefficient (Wildman–Crippen LogP) is 5.63. The van der Waals surface area contributed by atoms with Crippen LogP contribution in [0, 0.1) is 12.7 Å². The smallest absolute Gasteiger partial charge is 0.406 e. The van der Waals surface area contributed by atoms with Crippen LogP contribution in [-0.2, 0) is 23.2 Å². The fraction of sp³-hybridized carbons (Fsp3) is 0.357. The van der Waals surface area contributed by atoms with Crippen LogP contribution in [0.4, 0.5) is 23.2 Å². The summed E-state index contributed by atoms with van der Waals surface area (Å²) in [5.74, 6) is 0.897. The third kappa shape index (κ3) is 4.22. The van der Waals surface area contributed by atoms with Gasteiger partial charge in [-0.25, -0.2) is 9.37 Å². The highest BCUT2D eigenvalue weighted by molar-refractivity contribution is 6.02. The molecule has 0 fully saturated rings. The largest absolute Gasteiger partial charge is 0.496 e. The molecule has 12 heteroatoms. The Bertz CT molecular complexity index is 1610. The summed E-state index contributed by atoms with van der Waals surface area (Å²) in [7, 11) is 1.52. The second kappa shape index (κ2) is 9.46. The van der Waals surface area contributed by atoms with E-state index in [1.54, 1.807) is 29.8 Å². The Kier molecular flexibility index (Phi) is 6.15. The number of carbonyl (C=O) groups is 1. The molecule has 8 nitrogen and oxygen atoms in total. The Hall–Kier alpha value is -4.22. The molecule has 4 aromatic rings. The van der Waals surface area contributed by atoms with Gasteiger partial charge in [-0.15, -0.1) is 10.2 Å². The summed E-state index contributed by atoms with van der Waals surface area (Å²) >= 11 is 0. The van der Waals surface area contributed by atoms with E-state index in [-0.39, 0.29) is 36.3 Å². The van der Waals surface area contributed by atoms with Gasteiger partial charge in [0.15, 0.2) is 17.5 Å². The molecule has 2 aliphatic rings. The van der Waals surface area contributed by atoms with Gasteiger partial charge in [0.05, 0.1) is 24.6 Å². The minimum atomic E-state index is -4.68. The molecule has 1 amide bonds. The van der Waals surface area contributed by atoms with Crippen LogP contribution in [0.1, 0.15) is 36.5 Å². The predicted molar refractivity (Wildman–Crippen MR) is 136 cm³/mol. The van der Waals surface area contributed by atoms with E-state index >= 15 is 0 Å². The first-order valence-electron chi connectivity index (χ1n) is 12.8. The summed E-state index contributed by atoms with van der Waals surface area (Å²) < 4.78 is 68.9. The van der Waals surface area contributed by atoms with Crippen LogP contribution in [0.15, 0.2) is 47.0 Å². The molecule has 0 aliphatic carbocycles. The summed E-state index contributed by atoms with van der Waals surface area (Å²) in [6.45, 7) is 0.684. The maximum atomic E-state index is 14.8. The highest BCUT2D eigenvalue weighted by Crippen LogP contribution is 2.46. The second-order valence-electron chi connectivity index (χ2n) is 10.1. The lowest BCUT2D eigenvalue weighted by molar-refractivity contribution is -0.136. The fourth-order valence-corrected chi connectivity index (χ4v) is 5.89. The van der Waals surface area contributed by atoms with Crippen molar-refractivity contribution >= 4 is 11.6 Å². The summed E-state index contributed by atoms with van der Waals surface area (Å²) in [4.78, 5) is 18.9. The van der Waals surface area contributed by atoms with Crippen LogP contribution >= 0.6 is 0 Å². The van der Waals surface area contributed by atoms with Crippen LogP contribution in [0.5, 0.6) is 5.75 Å². The van der Waals surface area contributed by atoms with E-state index in [2.05, 4.69) is 15.2 Å². The highest BCUT2D eigenvalue weighted by Gasteiger charge is 2.52. The van der Waals surface area contributed by atoms with Crippen molar-refractivity contribution in [2.24, 2.45) is 0 Å². The van der Waals surface area contributed by atoms with Gasteiger partial charge in [0.2, 0.25) is 5.91 Å². The number of halogens is 4. The Morgan fingerprint density at radius 2 is 1.98 bits per heavy atom. The van der Waals surface area contributed by atoms with E-state index in [1.807, 2.05) is 6.07 Å². The number of benzene rings is 2. The van der Waals surface area contributed by atoms with Crippen LogP contribution < -0.4 is 9.64 Å². The van der Waals surface area contributed by atoms with Gasteiger partial charge in [0, 0.05) is 24.6 Å². The average molecular weight is 556 g/mol. The van der Waals surface area contributed by atoms with E-state index in [9.17, 15) is 22.4 Å². The van der Waals surface area contributed by atoms with Gasteiger partial charge in [-0.1, -0.05) is 12.1 Å². The van der Waals surface area contributed by atoms with E-state index in [1.165, 1.54) is 25.3 Å². The molecule has 0 saturated heterocycles. The van der Waals surface area contributed by atoms with Gasteiger partial charge in [-0.2, -0.15) is 13.2 Å². The van der Waals surface area contributed by atoms with Crippen LogP contribution in [0.25, 0.3) is 22.7 Å². The number of hydrogen-bond donors (Lipinski definition) is 0. The Morgan fingerprint density at radius 3 is 2.70 bits per heavy atom. The minimum absolute atomic E-state index is 0.0564. The molecule has 0 saturated carbocycles. The molecule has 4 heterocycles. The zero-order valence-electron chi connectivity index (χ0n) is 21.8. The highest BCUT2D eigenvalue weighted by atomic mass is 19.4. The van der Waals surface area contributed by atoms with Crippen LogP contribution in [-0.4, -0.2) is 45.5 Å². The molecule has 1 atom stereocenters. The Morgan fingerprint density at radius 1 is 1.15 bits per heavy atom. The summed E-state index contributed by atoms with van der Waals surface area (Å²) in [6.07, 6.45) is -2.10. The number of anilines is 1. The normalized spacial score (nSPS) is 18.9. The number of aryl methyl sites for hydroxylation is 1. The first-order valence-corrected chi connectivity index (χ1v) is 12.8. The molecule has 6 rings (SSSR count). The van der Waals surface area contributed by atoms with Crippen molar-refractivity contribution in [1.82, 2.24) is 19.7 Å². The van der Waals surface area contributed by atoms with Crippen LogP contribution in [0.3, 0.4) is 0 Å². The van der Waals surface area contributed by atoms with Gasteiger partial charge >= 0.3 is 6.18 Å². The molecular formula is C28H25F4N5O3. The fourth-order valence-electron chi connectivity index (χ4n) is 5.89. The molecule has 208 valence electrons. The Labute approximate surface area is 226 Å². The van der Waals surface area contributed by atoms with Crippen molar-refractivity contribution in [3.8, 4) is 28.5 Å². The Balaban J connectivity index is 1.44. The van der Waals surface area contributed by atoms with Gasteiger partial charge in [-0.3, -0.25) is 4.79 Å². The molecule has 0 N–H and O–H groups in total. The molecule has 40 heavy (non-hydrogen) atoms. The van der Waals surface area contributed by atoms with Crippen molar-refractivity contribution in [3.63, 3.8) is 0 Å². The summed E-state index contributed by atoms with van der Waals surface area (Å²) in [6, 6.07) is 9.26. The number of alkyl halides is 3. The van der Waals surface area contributed by atoms with E-state index in [4.69, 9.17) is 9.15 Å². The van der Waals surface area contributed by atoms with Gasteiger partial charge in [0.1, 0.15) is 29.4 Å². The van der Waals surface area contributed by atoms with Crippen LogP contribution in [0.2, 0.25) is 0 Å². The molecule has 2 aromatic heterocycles. The van der Waals surface area contributed by atoms with Gasteiger partial charge in [0.25, 0.3) is 0 Å². The maximum Gasteiger partial charge on any atom is 0.406 e. The lowest BCUT2D eigenvalue weighted by Gasteiger charge is -2.38. The quantitative estimate of drug-likeness (QED) is 0.304. The number of ether oxygens (including phenoxy) is 1. The van der Waals surface area contributed by atoms with Crippen molar-refractivity contribution in [1.29, 1.82) is 0 Å². The number of aromatic nitrogens is 4. The number of oxazole rings is 1. The number of hydrogen-bond acceptors (Lipinski definition) is 6. The van der Waals surface area contributed by atoms with E-state index in [0.29, 0.717) is 52.2 Å². The standard InChI is InChI=1S/C28H25F4N5O3/c1-16-33-14-23(40-16)19-8-7-17(13-22(19)39-2)24-34-35-25-27(10-4-12-36(24)25)11-9-18-20(29)5-3-6-21(18)37(26(27)38)15-28(30,31)32/h3,5-8,13-14H,4,9-12,15H2,1-2H3. The first-order chi connectivity index (χ1) is 19.1. The SMILES string of the molecule is COc1cc(-c2nnc3n2CCCC32CCc3c(F)cccc3N(CC(F)(F)F)C2=O)ccc1-c1cnc(C)o1. The molecule has 1 unspecified atom stereocenters. The van der Waals surface area contributed by atoms with E-state index < -0.39 is 29.9 Å². The zero-order valence-corrected chi connectivity index (χ0v) is 21.8. The number of rotatable bonds is 4. The molecule has 0 bridgehead atoms. The lowest BCUT2D eigenvalue weighted by atomic mass is 9.75. The van der Waals surface area contributed by atoms with Gasteiger partial charge in [-0.05, 0) is 49.9 Å². The summed E-state index contributed by atoms with van der Waals surface area (Å²) in [5, 5.41) is 8.76. The molecule has 1 spiro atoms. The van der Waals surface area contributed by atoms with Crippen molar-refractivity contribution in [2.45, 2.75) is 50.7 Å². The summed E-state index contributed by atoms with van der Waals surface area (Å²) in [5.41, 5.74) is -0.0176. The van der Waals surface area contributed by atoms with Crippen molar-refractivity contribution in [2.75, 3.05) is 18.6 Å². The molecule has 2 aliphatic heterocycles. The second-order valence-corrected chi connectivity index (χ2v) is 10.1. The monoisotopic (exact) mass is 555 g/mol.